The van der Waals surface area contributed by atoms with Crippen molar-refractivity contribution in [3.63, 3.8) is 0 Å². The Morgan fingerprint density at radius 2 is 1.93 bits per heavy atom. The molecule has 7 heteroatoms. The van der Waals surface area contributed by atoms with E-state index in [-0.39, 0.29) is 11.8 Å². The topological polar surface area (TPSA) is 80.3 Å². The lowest BCUT2D eigenvalue weighted by Crippen LogP contribution is -2.24. The van der Waals surface area contributed by atoms with Gasteiger partial charge in [0.1, 0.15) is 5.82 Å². The van der Waals surface area contributed by atoms with Gasteiger partial charge in [-0.05, 0) is 43.2 Å². The molecule has 3 rings (SSSR count). The molecular weight excluding hydrogens is 366 g/mol. The molecule has 1 aliphatic rings. The lowest BCUT2D eigenvalue weighted by molar-refractivity contribution is -0.120. The number of carbonyl (C=O) groups excluding carboxylic acids is 2. The summed E-state index contributed by atoms with van der Waals surface area (Å²) >= 11 is 6.18. The minimum absolute atomic E-state index is 0.0611. The van der Waals surface area contributed by atoms with Crippen molar-refractivity contribution in [2.75, 3.05) is 17.7 Å². The summed E-state index contributed by atoms with van der Waals surface area (Å²) in [5.41, 5.74) is 1.59. The molecule has 1 saturated carbocycles. The van der Waals surface area contributed by atoms with Crippen LogP contribution < -0.4 is 10.6 Å². The number of pyridine rings is 1. The molecule has 0 unspecified atom stereocenters. The molecule has 0 radical (unpaired) electrons. The summed E-state index contributed by atoms with van der Waals surface area (Å²) in [5.74, 6) is 0.264. The second-order valence-corrected chi connectivity index (χ2v) is 6.97. The summed E-state index contributed by atoms with van der Waals surface area (Å²) in [6.45, 7) is 0. The van der Waals surface area contributed by atoms with Gasteiger partial charge < -0.3 is 15.4 Å². The molecule has 2 N–H and O–H groups in total. The van der Waals surface area contributed by atoms with Crippen LogP contribution in [0.5, 0.6) is 0 Å². The fourth-order valence-electron chi connectivity index (χ4n) is 3.15. The van der Waals surface area contributed by atoms with Crippen molar-refractivity contribution >= 4 is 40.7 Å². The molecule has 6 nitrogen and oxygen atoms in total. The molecule has 27 heavy (non-hydrogen) atoms. The smallest absolute Gasteiger partial charge is 0.337 e. The summed E-state index contributed by atoms with van der Waals surface area (Å²) in [5, 5.41) is 6.46. The van der Waals surface area contributed by atoms with Crippen LogP contribution in [0.3, 0.4) is 0 Å². The highest BCUT2D eigenvalue weighted by molar-refractivity contribution is 6.33. The van der Waals surface area contributed by atoms with E-state index in [1.807, 2.05) is 0 Å². The van der Waals surface area contributed by atoms with E-state index in [1.54, 1.807) is 36.5 Å². The van der Waals surface area contributed by atoms with Crippen LogP contribution in [0.4, 0.5) is 17.2 Å². The van der Waals surface area contributed by atoms with Crippen molar-refractivity contribution in [2.24, 2.45) is 5.92 Å². The molecule has 0 spiro atoms. The minimum atomic E-state index is -0.441. The maximum absolute atomic E-state index is 12.3. The predicted octanol–water partition coefficient (Wildman–Crippen LogP) is 4.78. The molecule has 1 amide bonds. The van der Waals surface area contributed by atoms with Gasteiger partial charge in [0, 0.05) is 5.92 Å². The third-order valence-electron chi connectivity index (χ3n) is 4.66. The first-order valence-electron chi connectivity index (χ1n) is 8.98. The average Bonchev–Trinajstić information content (AvgIpc) is 2.71. The quantitative estimate of drug-likeness (QED) is 0.721. The third-order valence-corrected chi connectivity index (χ3v) is 4.99. The Morgan fingerprint density at radius 1 is 1.15 bits per heavy atom. The summed E-state index contributed by atoms with van der Waals surface area (Å²) in [6, 6.07) is 8.35. The molecule has 1 aromatic carbocycles. The summed E-state index contributed by atoms with van der Waals surface area (Å²) in [6.07, 6.45) is 6.95. The van der Waals surface area contributed by atoms with Gasteiger partial charge in [0.15, 0.2) is 0 Å². The van der Waals surface area contributed by atoms with E-state index in [0.717, 1.165) is 25.7 Å². The van der Waals surface area contributed by atoms with Crippen molar-refractivity contribution in [3.8, 4) is 0 Å². The molecule has 0 atom stereocenters. The Labute approximate surface area is 163 Å². The number of hydrogen-bond acceptors (Lipinski definition) is 5. The Balaban J connectivity index is 1.65. The lowest BCUT2D eigenvalue weighted by Gasteiger charge is -2.20. The average molecular weight is 388 g/mol. The molecule has 0 aliphatic heterocycles. The van der Waals surface area contributed by atoms with Crippen molar-refractivity contribution < 1.29 is 14.3 Å². The van der Waals surface area contributed by atoms with Crippen LogP contribution >= 0.6 is 11.6 Å². The van der Waals surface area contributed by atoms with Crippen LogP contribution in [-0.4, -0.2) is 24.0 Å². The molecule has 2 aromatic rings. The van der Waals surface area contributed by atoms with E-state index in [4.69, 9.17) is 16.3 Å². The zero-order valence-corrected chi connectivity index (χ0v) is 15.9. The summed E-state index contributed by atoms with van der Waals surface area (Å²) in [4.78, 5) is 28.3. The molecule has 1 fully saturated rings. The van der Waals surface area contributed by atoms with Gasteiger partial charge in [0.25, 0.3) is 0 Å². The number of nitrogens with zero attached hydrogens (tertiary/aromatic N) is 1. The first-order chi connectivity index (χ1) is 13.1. The van der Waals surface area contributed by atoms with Crippen molar-refractivity contribution in [1.29, 1.82) is 0 Å². The second kappa shape index (κ2) is 8.86. The fraction of sp³-hybridized carbons (Fsp3) is 0.350. The van der Waals surface area contributed by atoms with Crippen LogP contribution in [0.1, 0.15) is 42.5 Å². The minimum Gasteiger partial charge on any atom is -0.465 e. The van der Waals surface area contributed by atoms with Gasteiger partial charge in [-0.2, -0.15) is 0 Å². The maximum Gasteiger partial charge on any atom is 0.337 e. The highest BCUT2D eigenvalue weighted by Gasteiger charge is 2.21. The first kappa shape index (κ1) is 19.2. The number of esters is 1. The number of anilines is 3. The number of rotatable bonds is 5. The van der Waals surface area contributed by atoms with Crippen molar-refractivity contribution in [1.82, 2.24) is 4.98 Å². The van der Waals surface area contributed by atoms with Crippen molar-refractivity contribution in [3.05, 3.63) is 47.1 Å². The number of methoxy groups -OCH3 is 1. The molecule has 1 aromatic heterocycles. The number of nitrogens with one attached hydrogen (secondary N) is 2. The Kier molecular flexibility index (Phi) is 6.29. The Morgan fingerprint density at radius 3 is 2.59 bits per heavy atom. The van der Waals surface area contributed by atoms with Crippen LogP contribution in [0.2, 0.25) is 5.02 Å². The normalized spacial score (nSPS) is 14.4. The van der Waals surface area contributed by atoms with Gasteiger partial charge in [-0.15, -0.1) is 0 Å². The zero-order chi connectivity index (χ0) is 19.2. The van der Waals surface area contributed by atoms with Gasteiger partial charge in [-0.25, -0.2) is 9.78 Å². The molecule has 1 aliphatic carbocycles. The van der Waals surface area contributed by atoms with E-state index in [1.165, 1.54) is 13.5 Å². The van der Waals surface area contributed by atoms with Crippen LogP contribution in [0.15, 0.2) is 36.5 Å². The summed E-state index contributed by atoms with van der Waals surface area (Å²) in [7, 11) is 1.33. The fourth-order valence-corrected chi connectivity index (χ4v) is 3.32. The SMILES string of the molecule is COC(=O)c1ccc(Cl)c(Nc2ccc(NC(=O)C3CCCCC3)cn2)c1. The monoisotopic (exact) mass is 387 g/mol. The largest absolute Gasteiger partial charge is 0.465 e. The number of ether oxygens (including phenoxy) is 1. The number of amides is 1. The Bertz CT molecular complexity index is 818. The number of benzene rings is 1. The highest BCUT2D eigenvalue weighted by atomic mass is 35.5. The second-order valence-electron chi connectivity index (χ2n) is 6.57. The van der Waals surface area contributed by atoms with E-state index >= 15 is 0 Å². The molecule has 0 saturated heterocycles. The molecular formula is C20H22ClN3O3. The Hall–Kier alpha value is -2.60. The van der Waals surface area contributed by atoms with E-state index in [0.29, 0.717) is 27.8 Å². The molecule has 1 heterocycles. The van der Waals surface area contributed by atoms with Crippen molar-refractivity contribution in [2.45, 2.75) is 32.1 Å². The van der Waals surface area contributed by atoms with Gasteiger partial charge in [0.05, 0.1) is 35.3 Å². The van der Waals surface area contributed by atoms with Crippen LogP contribution in [-0.2, 0) is 9.53 Å². The number of halogens is 1. The summed E-state index contributed by atoms with van der Waals surface area (Å²) < 4.78 is 4.72. The number of carbonyl (C=O) groups is 2. The van der Waals surface area contributed by atoms with Crippen LogP contribution in [0.25, 0.3) is 0 Å². The van der Waals surface area contributed by atoms with E-state index < -0.39 is 5.97 Å². The maximum atomic E-state index is 12.3. The number of aromatic nitrogens is 1. The van der Waals surface area contributed by atoms with Gasteiger partial charge in [0.2, 0.25) is 5.91 Å². The lowest BCUT2D eigenvalue weighted by atomic mass is 9.88. The van der Waals surface area contributed by atoms with Gasteiger partial charge in [-0.1, -0.05) is 30.9 Å². The van der Waals surface area contributed by atoms with Gasteiger partial charge >= 0.3 is 5.97 Å². The zero-order valence-electron chi connectivity index (χ0n) is 15.1. The van der Waals surface area contributed by atoms with E-state index in [2.05, 4.69) is 15.6 Å². The van der Waals surface area contributed by atoms with Gasteiger partial charge in [-0.3, -0.25) is 4.79 Å². The molecule has 142 valence electrons. The highest BCUT2D eigenvalue weighted by Crippen LogP contribution is 2.27. The number of hydrogen-bond donors (Lipinski definition) is 2. The first-order valence-corrected chi connectivity index (χ1v) is 9.36. The molecule has 0 bridgehead atoms. The predicted molar refractivity (Wildman–Crippen MR) is 106 cm³/mol. The van der Waals surface area contributed by atoms with E-state index in [9.17, 15) is 9.59 Å². The third kappa shape index (κ3) is 4.98. The van der Waals surface area contributed by atoms with Crippen LogP contribution in [0, 0.1) is 5.92 Å². The standard InChI is InChI=1S/C20H22ClN3O3/c1-27-20(26)14-7-9-16(21)17(11-14)24-18-10-8-15(12-22-18)23-19(25)13-5-3-2-4-6-13/h7-13H,2-6H2,1H3,(H,22,24)(H,23,25).